The van der Waals surface area contributed by atoms with E-state index in [9.17, 15) is 4.79 Å². The summed E-state index contributed by atoms with van der Waals surface area (Å²) in [6.07, 6.45) is 4.17. The van der Waals surface area contributed by atoms with Gasteiger partial charge in [0.1, 0.15) is 24.0 Å². The quantitative estimate of drug-likeness (QED) is 0.613. The lowest BCUT2D eigenvalue weighted by Crippen LogP contribution is -2.14. The zero-order valence-corrected chi connectivity index (χ0v) is 12.9. The molecule has 0 unspecified atom stereocenters. The van der Waals surface area contributed by atoms with Gasteiger partial charge in [-0.2, -0.15) is 0 Å². The maximum Gasteiger partial charge on any atom is 0.404 e. The van der Waals surface area contributed by atoms with E-state index < -0.39 is 6.09 Å². The van der Waals surface area contributed by atoms with Crippen molar-refractivity contribution in [1.82, 2.24) is 15.0 Å². The molecule has 0 aliphatic rings. The van der Waals surface area contributed by atoms with Crippen LogP contribution in [0.3, 0.4) is 0 Å². The molecule has 0 aromatic carbocycles. The van der Waals surface area contributed by atoms with Crippen LogP contribution in [-0.4, -0.2) is 34.4 Å². The van der Waals surface area contributed by atoms with E-state index in [1.807, 2.05) is 6.26 Å². The second-order valence-electron chi connectivity index (χ2n) is 4.05. The average Bonchev–Trinajstić information content (AvgIpc) is 2.54. The first-order valence-electron chi connectivity index (χ1n) is 6.21. The Morgan fingerprint density at radius 3 is 2.77 bits per heavy atom. The Morgan fingerprint density at radius 2 is 2.18 bits per heavy atom. The third kappa shape index (κ3) is 4.22. The van der Waals surface area contributed by atoms with Crippen molar-refractivity contribution < 1.29 is 14.3 Å². The Balaban J connectivity index is 2.23. The number of nitrogens with one attached hydrogen (secondary N) is 1. The molecule has 22 heavy (non-hydrogen) atoms. The minimum absolute atomic E-state index is 0.0253. The molecule has 116 valence electrons. The molecule has 2 rings (SSSR count). The van der Waals surface area contributed by atoms with Crippen molar-refractivity contribution in [2.75, 3.05) is 18.7 Å². The Hall–Kier alpha value is -2.55. The van der Waals surface area contributed by atoms with Crippen LogP contribution >= 0.6 is 11.8 Å². The zero-order chi connectivity index (χ0) is 15.9. The highest BCUT2D eigenvalue weighted by atomic mass is 32.2. The van der Waals surface area contributed by atoms with Gasteiger partial charge in [-0.1, -0.05) is 11.8 Å². The third-order valence-electron chi connectivity index (χ3n) is 2.61. The largest absolute Gasteiger partial charge is 0.495 e. The predicted octanol–water partition coefficient (Wildman–Crippen LogP) is 1.94. The molecular weight excluding hydrogens is 306 g/mol. The lowest BCUT2D eigenvalue weighted by molar-refractivity contribution is 0.150. The molecule has 0 fully saturated rings. The molecule has 0 bridgehead atoms. The highest BCUT2D eigenvalue weighted by Gasteiger charge is 2.10. The summed E-state index contributed by atoms with van der Waals surface area (Å²) in [7, 11) is 1.57. The Kier molecular flexibility index (Phi) is 5.37. The van der Waals surface area contributed by atoms with Crippen LogP contribution in [0.5, 0.6) is 5.75 Å². The van der Waals surface area contributed by atoms with Crippen LogP contribution in [0.25, 0.3) is 0 Å². The van der Waals surface area contributed by atoms with Gasteiger partial charge in [0.15, 0.2) is 5.16 Å². The number of rotatable bonds is 6. The summed E-state index contributed by atoms with van der Waals surface area (Å²) in [5.41, 5.74) is 5.57. The van der Waals surface area contributed by atoms with Crippen molar-refractivity contribution in [1.29, 1.82) is 0 Å². The minimum Gasteiger partial charge on any atom is -0.495 e. The molecule has 8 nitrogen and oxygen atoms in total. The number of carbonyl (C=O) groups is 1. The van der Waals surface area contributed by atoms with Gasteiger partial charge in [0.25, 0.3) is 0 Å². The number of nitrogens with zero attached hydrogens (tertiary/aromatic N) is 3. The molecule has 0 radical (unpaired) electrons. The number of amides is 1. The molecule has 9 heteroatoms. The van der Waals surface area contributed by atoms with E-state index in [-0.39, 0.29) is 6.61 Å². The van der Waals surface area contributed by atoms with Gasteiger partial charge in [0, 0.05) is 6.20 Å². The Morgan fingerprint density at radius 1 is 1.36 bits per heavy atom. The van der Waals surface area contributed by atoms with E-state index in [1.165, 1.54) is 11.8 Å². The number of pyridine rings is 1. The Labute approximate surface area is 131 Å². The summed E-state index contributed by atoms with van der Waals surface area (Å²) in [6, 6.07) is 3.52. The van der Waals surface area contributed by atoms with Crippen molar-refractivity contribution in [2.45, 2.75) is 11.8 Å². The van der Waals surface area contributed by atoms with E-state index in [1.54, 1.807) is 31.6 Å². The fourth-order valence-corrected chi connectivity index (χ4v) is 1.89. The van der Waals surface area contributed by atoms with E-state index in [2.05, 4.69) is 20.3 Å². The number of thioether (sulfide) groups is 1. The van der Waals surface area contributed by atoms with Gasteiger partial charge in [0.2, 0.25) is 0 Å². The summed E-state index contributed by atoms with van der Waals surface area (Å²) in [4.78, 5) is 23.4. The van der Waals surface area contributed by atoms with Crippen molar-refractivity contribution in [3.05, 3.63) is 30.1 Å². The predicted molar refractivity (Wildman–Crippen MR) is 82.3 cm³/mol. The number of primary amides is 1. The van der Waals surface area contributed by atoms with E-state index in [0.29, 0.717) is 28.1 Å². The maximum absolute atomic E-state index is 10.7. The summed E-state index contributed by atoms with van der Waals surface area (Å²) in [5, 5.41) is 3.64. The van der Waals surface area contributed by atoms with E-state index in [0.717, 1.165) is 0 Å². The van der Waals surface area contributed by atoms with Gasteiger partial charge < -0.3 is 20.5 Å². The standard InChI is InChI=1S/C13H15N5O3S/c1-20-9-3-4-10(15-6-9)17-11-8(7-21-12(14)19)5-16-13(18-11)22-2/h3-6H,7H2,1-2H3,(H2,14,19)(H,15,16,17,18). The molecule has 0 spiro atoms. The molecule has 2 aromatic heterocycles. The van der Waals surface area contributed by atoms with E-state index in [4.69, 9.17) is 15.2 Å². The highest BCUT2D eigenvalue weighted by Crippen LogP contribution is 2.21. The molecule has 0 aliphatic carbocycles. The van der Waals surface area contributed by atoms with Gasteiger partial charge in [-0.15, -0.1) is 0 Å². The van der Waals surface area contributed by atoms with Crippen molar-refractivity contribution in [2.24, 2.45) is 5.73 Å². The third-order valence-corrected chi connectivity index (χ3v) is 3.18. The van der Waals surface area contributed by atoms with Gasteiger partial charge in [0.05, 0.1) is 18.9 Å². The molecule has 2 aromatic rings. The number of hydrogen-bond donors (Lipinski definition) is 2. The number of anilines is 2. The number of nitrogens with two attached hydrogens (primary N) is 1. The van der Waals surface area contributed by atoms with Gasteiger partial charge in [-0.05, 0) is 18.4 Å². The number of aromatic nitrogens is 3. The van der Waals surface area contributed by atoms with Crippen LogP contribution < -0.4 is 15.8 Å². The smallest absolute Gasteiger partial charge is 0.404 e. The lowest BCUT2D eigenvalue weighted by atomic mass is 10.3. The second kappa shape index (κ2) is 7.46. The van der Waals surface area contributed by atoms with Crippen LogP contribution in [-0.2, 0) is 11.3 Å². The fraction of sp³-hybridized carbons (Fsp3) is 0.231. The van der Waals surface area contributed by atoms with Crippen LogP contribution in [0.1, 0.15) is 5.56 Å². The summed E-state index contributed by atoms with van der Waals surface area (Å²) in [6.45, 7) is -0.0253. The number of carbonyl (C=O) groups excluding carboxylic acids is 1. The first-order valence-corrected chi connectivity index (χ1v) is 7.44. The zero-order valence-electron chi connectivity index (χ0n) is 12.1. The maximum atomic E-state index is 10.7. The first-order chi connectivity index (χ1) is 10.6. The molecular formula is C13H15N5O3S. The SMILES string of the molecule is COc1ccc(Nc2nc(SC)ncc2COC(N)=O)nc1. The molecule has 0 saturated heterocycles. The molecule has 0 atom stereocenters. The molecule has 1 amide bonds. The summed E-state index contributed by atoms with van der Waals surface area (Å²) in [5.74, 6) is 1.72. The highest BCUT2D eigenvalue weighted by molar-refractivity contribution is 7.98. The van der Waals surface area contributed by atoms with Crippen LogP contribution in [0.2, 0.25) is 0 Å². The number of hydrogen-bond acceptors (Lipinski definition) is 8. The van der Waals surface area contributed by atoms with Crippen LogP contribution in [0.15, 0.2) is 29.7 Å². The Bertz CT molecular complexity index is 651. The van der Waals surface area contributed by atoms with Gasteiger partial charge >= 0.3 is 6.09 Å². The second-order valence-corrected chi connectivity index (χ2v) is 4.82. The first kappa shape index (κ1) is 15.8. The lowest BCUT2D eigenvalue weighted by Gasteiger charge is -2.11. The minimum atomic E-state index is -0.859. The number of ether oxygens (including phenoxy) is 2. The van der Waals surface area contributed by atoms with Crippen molar-refractivity contribution in [3.63, 3.8) is 0 Å². The molecule has 0 saturated carbocycles. The van der Waals surface area contributed by atoms with Gasteiger partial charge in [-0.3, -0.25) is 0 Å². The molecule has 0 aliphatic heterocycles. The monoisotopic (exact) mass is 321 g/mol. The molecule has 3 N–H and O–H groups in total. The summed E-state index contributed by atoms with van der Waals surface area (Å²) >= 11 is 1.40. The van der Waals surface area contributed by atoms with Crippen molar-refractivity contribution in [3.8, 4) is 5.75 Å². The van der Waals surface area contributed by atoms with Gasteiger partial charge in [-0.25, -0.2) is 19.7 Å². The number of methoxy groups -OCH3 is 1. The van der Waals surface area contributed by atoms with Crippen molar-refractivity contribution >= 4 is 29.5 Å². The molecule has 2 heterocycles. The fourth-order valence-electron chi connectivity index (χ4n) is 1.55. The van der Waals surface area contributed by atoms with E-state index >= 15 is 0 Å². The van der Waals surface area contributed by atoms with Crippen LogP contribution in [0, 0.1) is 0 Å². The topological polar surface area (TPSA) is 112 Å². The normalized spacial score (nSPS) is 10.1. The average molecular weight is 321 g/mol. The summed E-state index contributed by atoms with van der Waals surface area (Å²) < 4.78 is 9.84. The van der Waals surface area contributed by atoms with Crippen LogP contribution in [0.4, 0.5) is 16.4 Å².